The van der Waals surface area contributed by atoms with Gasteiger partial charge >= 0.3 is 0 Å². The Bertz CT molecular complexity index is 3910. The molecule has 322 valence electrons. The Kier molecular flexibility index (Phi) is 8.84. The van der Waals surface area contributed by atoms with Crippen LogP contribution < -0.4 is 4.90 Å². The topological polar surface area (TPSA) is 8.17 Å². The first kappa shape index (κ1) is 39.2. The highest BCUT2D eigenvalue weighted by Crippen LogP contribution is 2.65. The van der Waals surface area contributed by atoms with Gasteiger partial charge in [-0.05, 0) is 109 Å². The smallest absolute Gasteiger partial charge is 0.0726 e. The zero-order valence-corrected chi connectivity index (χ0v) is 37.8. The average Bonchev–Trinajstić information content (AvgIpc) is 4.04. The summed E-state index contributed by atoms with van der Waals surface area (Å²) in [6.45, 7) is 0. The van der Waals surface area contributed by atoms with Gasteiger partial charge in [0.15, 0.2) is 0 Å². The first-order valence-corrected chi connectivity index (χ1v) is 23.9. The number of hydrogen-bond donors (Lipinski definition) is 0. The van der Waals surface area contributed by atoms with Gasteiger partial charge in [-0.2, -0.15) is 0 Å². The van der Waals surface area contributed by atoms with Crippen molar-refractivity contribution in [2.45, 2.75) is 5.41 Å². The van der Waals surface area contributed by atoms with E-state index in [9.17, 15) is 0 Å². The minimum absolute atomic E-state index is 0.509. The highest BCUT2D eigenvalue weighted by Gasteiger charge is 2.52. The van der Waals surface area contributed by atoms with Crippen molar-refractivity contribution in [3.63, 3.8) is 0 Å². The van der Waals surface area contributed by atoms with E-state index in [2.05, 4.69) is 276 Å². The van der Waals surface area contributed by atoms with Gasteiger partial charge in [-0.15, -0.1) is 0 Å². The summed E-state index contributed by atoms with van der Waals surface area (Å²) in [4.78, 5) is 2.62. The number of para-hydroxylation sites is 2. The number of benzene rings is 11. The van der Waals surface area contributed by atoms with E-state index < -0.39 is 5.41 Å². The van der Waals surface area contributed by atoms with Crippen LogP contribution in [0.5, 0.6) is 0 Å². The summed E-state index contributed by atoms with van der Waals surface area (Å²) in [7, 11) is 0. The molecule has 0 amide bonds. The van der Waals surface area contributed by atoms with Crippen LogP contribution in [0.4, 0.5) is 17.1 Å². The van der Waals surface area contributed by atoms with Gasteiger partial charge in [-0.3, -0.25) is 0 Å². The molecule has 2 heteroatoms. The van der Waals surface area contributed by atoms with Crippen LogP contribution in [0.25, 0.3) is 83.1 Å². The highest BCUT2D eigenvalue weighted by molar-refractivity contribution is 6.18. The van der Waals surface area contributed by atoms with Gasteiger partial charge in [-0.1, -0.05) is 224 Å². The molecule has 2 nitrogen and oxygen atoms in total. The standard InChI is InChI=1S/C67H44N2/c1-4-23-45(24-5-1)48-29-10-11-32-52(48)64-49(46-25-6-2-7-26-46)35-20-41-60(64)69(63-44-22-43-62-66(63)54-34-15-19-40-59(54)68(62)47-27-8-3-9-28-47)61-42-21-39-58-65(61)53-33-14-18-38-57(53)67(58)55-36-16-12-30-50(55)51-31-13-17-37-56(51)67/h1-44H. The van der Waals surface area contributed by atoms with Crippen molar-refractivity contribution in [2.24, 2.45) is 0 Å². The minimum atomic E-state index is -0.509. The van der Waals surface area contributed by atoms with E-state index in [-0.39, 0.29) is 0 Å². The lowest BCUT2D eigenvalue weighted by molar-refractivity contribution is 0.794. The molecule has 0 atom stereocenters. The van der Waals surface area contributed by atoms with Gasteiger partial charge in [0.25, 0.3) is 0 Å². The van der Waals surface area contributed by atoms with Crippen LogP contribution in [0.3, 0.4) is 0 Å². The Hall–Kier alpha value is -8.98. The molecule has 69 heavy (non-hydrogen) atoms. The molecule has 0 N–H and O–H groups in total. The number of nitrogens with zero attached hydrogens (tertiary/aromatic N) is 2. The van der Waals surface area contributed by atoms with Crippen LogP contribution in [0.15, 0.2) is 267 Å². The van der Waals surface area contributed by atoms with Crippen molar-refractivity contribution in [3.05, 3.63) is 289 Å². The average molecular weight is 877 g/mol. The number of fused-ring (bicyclic) bond motifs is 13. The fraction of sp³-hybridized carbons (Fsp3) is 0.0149. The third-order valence-corrected chi connectivity index (χ3v) is 14.8. The molecule has 1 spiro atoms. The number of anilines is 3. The summed E-state index contributed by atoms with van der Waals surface area (Å²) in [5, 5.41) is 2.39. The van der Waals surface area contributed by atoms with E-state index in [4.69, 9.17) is 0 Å². The maximum atomic E-state index is 2.62. The van der Waals surface area contributed by atoms with Crippen LogP contribution >= 0.6 is 0 Å². The first-order valence-electron chi connectivity index (χ1n) is 23.9. The minimum Gasteiger partial charge on any atom is -0.309 e. The molecular weight excluding hydrogens is 833 g/mol. The Morgan fingerprint density at radius 2 is 0.710 bits per heavy atom. The molecule has 0 saturated heterocycles. The molecule has 0 saturated carbocycles. The molecule has 2 aliphatic rings. The lowest BCUT2D eigenvalue weighted by Gasteiger charge is -2.33. The zero-order valence-electron chi connectivity index (χ0n) is 37.8. The van der Waals surface area contributed by atoms with E-state index in [0.717, 1.165) is 33.8 Å². The molecule has 11 aromatic carbocycles. The molecule has 0 fully saturated rings. The van der Waals surface area contributed by atoms with Gasteiger partial charge in [0.05, 0.1) is 33.5 Å². The summed E-state index contributed by atoms with van der Waals surface area (Å²) in [6, 6.07) is 98.8. The fourth-order valence-corrected chi connectivity index (χ4v) is 12.2. The maximum Gasteiger partial charge on any atom is 0.0726 e. The second-order valence-electron chi connectivity index (χ2n) is 18.3. The van der Waals surface area contributed by atoms with Crippen molar-refractivity contribution < 1.29 is 0 Å². The Morgan fingerprint density at radius 3 is 1.39 bits per heavy atom. The molecular formula is C67H44N2. The summed E-state index contributed by atoms with van der Waals surface area (Å²) in [5.74, 6) is 0. The largest absolute Gasteiger partial charge is 0.309 e. The molecule has 12 aromatic rings. The van der Waals surface area contributed by atoms with Gasteiger partial charge < -0.3 is 9.47 Å². The zero-order chi connectivity index (χ0) is 45.5. The van der Waals surface area contributed by atoms with Crippen LogP contribution in [-0.4, -0.2) is 4.57 Å². The van der Waals surface area contributed by atoms with Gasteiger partial charge in [0, 0.05) is 27.6 Å². The first-order chi connectivity index (χ1) is 34.3. The fourth-order valence-electron chi connectivity index (χ4n) is 12.2. The summed E-state index contributed by atoms with van der Waals surface area (Å²) >= 11 is 0. The molecule has 2 aliphatic carbocycles. The second-order valence-corrected chi connectivity index (χ2v) is 18.3. The third kappa shape index (κ3) is 5.67. The van der Waals surface area contributed by atoms with Crippen molar-refractivity contribution in [2.75, 3.05) is 4.90 Å². The van der Waals surface area contributed by atoms with Crippen molar-refractivity contribution in [1.29, 1.82) is 0 Å². The van der Waals surface area contributed by atoms with E-state index in [1.807, 2.05) is 0 Å². The van der Waals surface area contributed by atoms with E-state index in [1.165, 1.54) is 88.6 Å². The monoisotopic (exact) mass is 876 g/mol. The third-order valence-electron chi connectivity index (χ3n) is 14.8. The SMILES string of the molecule is c1ccc(-c2ccccc2-c2c(-c3ccccc3)cccc2N(c2cccc3c2-c2ccccc2C32c3ccccc3-c3ccccc32)c2cccc3c2c2ccccc2n3-c2ccccc2)cc1. The predicted octanol–water partition coefficient (Wildman–Crippen LogP) is 17.6. The normalized spacial score (nSPS) is 12.8. The highest BCUT2D eigenvalue weighted by atomic mass is 15.2. The van der Waals surface area contributed by atoms with Crippen LogP contribution in [0.2, 0.25) is 0 Å². The molecule has 0 unspecified atom stereocenters. The quantitative estimate of drug-likeness (QED) is 0.155. The summed E-state index contributed by atoms with van der Waals surface area (Å²) < 4.78 is 2.43. The van der Waals surface area contributed by atoms with Crippen LogP contribution in [0.1, 0.15) is 22.3 Å². The Labute approximate surface area is 402 Å². The molecule has 0 bridgehead atoms. The second kappa shape index (κ2) is 15.6. The maximum absolute atomic E-state index is 2.62. The lowest BCUT2D eigenvalue weighted by Crippen LogP contribution is -2.26. The predicted molar refractivity (Wildman–Crippen MR) is 288 cm³/mol. The van der Waals surface area contributed by atoms with E-state index in [0.29, 0.717) is 0 Å². The lowest BCUT2D eigenvalue weighted by atomic mass is 9.70. The van der Waals surface area contributed by atoms with Gasteiger partial charge in [0.2, 0.25) is 0 Å². The van der Waals surface area contributed by atoms with Crippen molar-refractivity contribution in [1.82, 2.24) is 4.57 Å². The number of hydrogen-bond acceptors (Lipinski definition) is 1. The Morgan fingerprint density at radius 1 is 0.275 bits per heavy atom. The van der Waals surface area contributed by atoms with Crippen LogP contribution in [0, 0.1) is 0 Å². The molecule has 0 radical (unpaired) electrons. The van der Waals surface area contributed by atoms with Crippen LogP contribution in [-0.2, 0) is 5.41 Å². The molecule has 1 aromatic heterocycles. The van der Waals surface area contributed by atoms with E-state index in [1.54, 1.807) is 0 Å². The summed E-state index contributed by atoms with van der Waals surface area (Å²) in [6.07, 6.45) is 0. The Balaban J connectivity index is 1.16. The number of aromatic nitrogens is 1. The molecule has 1 heterocycles. The summed E-state index contributed by atoms with van der Waals surface area (Å²) in [5.41, 5.74) is 23.7. The number of rotatable bonds is 7. The van der Waals surface area contributed by atoms with Crippen molar-refractivity contribution in [3.8, 4) is 61.3 Å². The van der Waals surface area contributed by atoms with Gasteiger partial charge in [0.1, 0.15) is 0 Å². The van der Waals surface area contributed by atoms with Gasteiger partial charge in [-0.25, -0.2) is 0 Å². The molecule has 14 rings (SSSR count). The van der Waals surface area contributed by atoms with E-state index >= 15 is 0 Å². The molecule has 0 aliphatic heterocycles. The van der Waals surface area contributed by atoms with Crippen molar-refractivity contribution >= 4 is 38.9 Å².